The number of benzene rings is 3. The zero-order chi connectivity index (χ0) is 25.9. The van der Waals surface area contributed by atoms with Crippen LogP contribution >= 0.6 is 0 Å². The molecule has 0 saturated carbocycles. The Labute approximate surface area is 210 Å². The van der Waals surface area contributed by atoms with Gasteiger partial charge in [-0.3, -0.25) is 14.8 Å². The van der Waals surface area contributed by atoms with Gasteiger partial charge < -0.3 is 10.5 Å². The molecule has 0 unspecified atom stereocenters. The van der Waals surface area contributed by atoms with Crippen molar-refractivity contribution < 1.29 is 19.5 Å². The van der Waals surface area contributed by atoms with Crippen LogP contribution in [0, 0.1) is 0 Å². The van der Waals surface area contributed by atoms with Crippen molar-refractivity contribution in [1.29, 1.82) is 0 Å². The van der Waals surface area contributed by atoms with Crippen LogP contribution in [0.4, 0.5) is 11.5 Å². The van der Waals surface area contributed by atoms with Gasteiger partial charge in [0.05, 0.1) is 11.1 Å². The van der Waals surface area contributed by atoms with Gasteiger partial charge in [-0.05, 0) is 54.6 Å². The van der Waals surface area contributed by atoms with Crippen molar-refractivity contribution in [3.63, 3.8) is 0 Å². The number of hydrogen-bond acceptors (Lipinski definition) is 8. The number of para-hydroxylation sites is 1. The Kier molecular flexibility index (Phi) is 6.18. The first-order valence-electron chi connectivity index (χ1n) is 11.1. The monoisotopic (exact) mass is 495 g/mol. The number of hydrogen-bond donors (Lipinski definition) is 3. The van der Waals surface area contributed by atoms with E-state index in [-0.39, 0.29) is 11.4 Å². The van der Waals surface area contributed by atoms with Crippen LogP contribution in [-0.4, -0.2) is 36.9 Å². The fourth-order valence-corrected chi connectivity index (χ4v) is 3.88. The first-order valence-corrected chi connectivity index (χ1v) is 11.1. The Balaban J connectivity index is 1.60. The van der Waals surface area contributed by atoms with Crippen LogP contribution in [0.2, 0.25) is 0 Å². The summed E-state index contributed by atoms with van der Waals surface area (Å²) in [7, 11) is 0. The summed E-state index contributed by atoms with van der Waals surface area (Å²) in [5.74, 6) is 0.402. The standard InChI is InChI=1S/C26H21N7O4/c1-16(34)32(19-7-5-6-18(14-19)26(35)31-36)33-25-22(24(27)28-15-29-25)23(30-33)17-10-12-21(13-11-17)37-20-8-3-2-4-9-20/h2-15,36H,1H3,(H,31,35)(H2,27,28,29). The van der Waals surface area contributed by atoms with Crippen molar-refractivity contribution in [3.8, 4) is 22.8 Å². The van der Waals surface area contributed by atoms with E-state index in [2.05, 4.69) is 15.1 Å². The van der Waals surface area contributed by atoms with Crippen LogP contribution in [-0.2, 0) is 4.79 Å². The lowest BCUT2D eigenvalue weighted by Crippen LogP contribution is -2.35. The summed E-state index contributed by atoms with van der Waals surface area (Å²) in [5.41, 5.74) is 9.72. The number of nitrogen functional groups attached to an aromatic ring is 1. The zero-order valence-electron chi connectivity index (χ0n) is 19.6. The molecule has 0 radical (unpaired) electrons. The lowest BCUT2D eigenvalue weighted by atomic mass is 10.1. The van der Waals surface area contributed by atoms with E-state index in [0.717, 1.165) is 0 Å². The molecule has 184 valence electrons. The minimum Gasteiger partial charge on any atom is -0.457 e. The number of carbonyl (C=O) groups excluding carboxylic acids is 2. The van der Waals surface area contributed by atoms with Crippen LogP contribution in [0.5, 0.6) is 11.5 Å². The van der Waals surface area contributed by atoms with Crippen molar-refractivity contribution >= 4 is 34.4 Å². The summed E-state index contributed by atoms with van der Waals surface area (Å²) in [6.45, 7) is 1.35. The molecule has 0 aliphatic heterocycles. The molecule has 37 heavy (non-hydrogen) atoms. The molecule has 11 heteroatoms. The molecular weight excluding hydrogens is 474 g/mol. The van der Waals surface area contributed by atoms with E-state index in [4.69, 9.17) is 15.7 Å². The fourth-order valence-electron chi connectivity index (χ4n) is 3.88. The minimum absolute atomic E-state index is 0.145. The van der Waals surface area contributed by atoms with Gasteiger partial charge in [-0.2, -0.15) is 5.01 Å². The fraction of sp³-hybridized carbons (Fsp3) is 0.0385. The Morgan fingerprint density at radius 1 is 0.973 bits per heavy atom. The van der Waals surface area contributed by atoms with E-state index in [1.165, 1.54) is 35.2 Å². The molecular formula is C26H21N7O4. The molecule has 0 bridgehead atoms. The topological polar surface area (TPSA) is 148 Å². The highest BCUT2D eigenvalue weighted by Crippen LogP contribution is 2.33. The Bertz CT molecular complexity index is 1600. The van der Waals surface area contributed by atoms with Gasteiger partial charge in [0.25, 0.3) is 5.91 Å². The maximum absolute atomic E-state index is 12.8. The highest BCUT2D eigenvalue weighted by atomic mass is 16.5. The second kappa shape index (κ2) is 9.76. The third-order valence-corrected chi connectivity index (χ3v) is 5.53. The smallest absolute Gasteiger partial charge is 0.274 e. The molecule has 2 heterocycles. The third-order valence-electron chi connectivity index (χ3n) is 5.53. The lowest BCUT2D eigenvalue weighted by Gasteiger charge is -2.21. The number of nitrogens with two attached hydrogens (primary N) is 1. The largest absolute Gasteiger partial charge is 0.457 e. The van der Waals surface area contributed by atoms with E-state index >= 15 is 0 Å². The van der Waals surface area contributed by atoms with Crippen LogP contribution in [0.25, 0.3) is 22.3 Å². The summed E-state index contributed by atoms with van der Waals surface area (Å²) >= 11 is 0. The van der Waals surface area contributed by atoms with Crippen LogP contribution in [0.3, 0.4) is 0 Å². The van der Waals surface area contributed by atoms with Crippen molar-refractivity contribution in [2.75, 3.05) is 10.7 Å². The number of nitrogens with one attached hydrogen (secondary N) is 1. The SMILES string of the molecule is CC(=O)N(c1cccc(C(=O)NO)c1)n1nc(-c2ccc(Oc3ccccc3)cc2)c2c(N)ncnc21. The second-order valence-electron chi connectivity index (χ2n) is 7.96. The summed E-state index contributed by atoms with van der Waals surface area (Å²) in [5, 5.41) is 15.4. The number of hydroxylamine groups is 1. The van der Waals surface area contributed by atoms with Crippen molar-refractivity contribution in [2.45, 2.75) is 6.92 Å². The van der Waals surface area contributed by atoms with E-state index in [9.17, 15) is 9.59 Å². The Morgan fingerprint density at radius 2 is 1.70 bits per heavy atom. The van der Waals surface area contributed by atoms with Crippen molar-refractivity contribution in [2.24, 2.45) is 0 Å². The molecule has 0 spiro atoms. The molecule has 0 aliphatic rings. The number of carbonyl (C=O) groups is 2. The molecule has 3 aromatic carbocycles. The molecule has 2 amide bonds. The van der Waals surface area contributed by atoms with Gasteiger partial charge in [-0.15, -0.1) is 9.89 Å². The summed E-state index contributed by atoms with van der Waals surface area (Å²) in [6, 6.07) is 22.8. The van der Waals surface area contributed by atoms with Crippen molar-refractivity contribution in [3.05, 3.63) is 90.8 Å². The highest BCUT2D eigenvalue weighted by molar-refractivity contribution is 6.01. The highest BCUT2D eigenvalue weighted by Gasteiger charge is 2.24. The quantitative estimate of drug-likeness (QED) is 0.238. The number of fused-ring (bicyclic) bond motifs is 1. The summed E-state index contributed by atoms with van der Waals surface area (Å²) in [6.07, 6.45) is 1.28. The maximum Gasteiger partial charge on any atom is 0.274 e. The van der Waals surface area contributed by atoms with E-state index in [0.29, 0.717) is 39.5 Å². The third kappa shape index (κ3) is 4.54. The normalized spacial score (nSPS) is 10.8. The first kappa shape index (κ1) is 23.5. The van der Waals surface area contributed by atoms with Gasteiger partial charge in [-0.1, -0.05) is 24.3 Å². The van der Waals surface area contributed by atoms with Crippen LogP contribution in [0.15, 0.2) is 85.2 Å². The van der Waals surface area contributed by atoms with Gasteiger partial charge in [0, 0.05) is 18.1 Å². The molecule has 5 aromatic rings. The molecule has 0 fully saturated rings. The number of amides is 2. The van der Waals surface area contributed by atoms with Gasteiger partial charge in [-0.25, -0.2) is 15.4 Å². The lowest BCUT2D eigenvalue weighted by molar-refractivity contribution is -0.117. The number of aromatic nitrogens is 4. The summed E-state index contributed by atoms with van der Waals surface area (Å²) in [4.78, 5) is 34.5. The molecule has 0 saturated heterocycles. The molecule has 2 aromatic heterocycles. The molecule has 0 atom stereocenters. The Morgan fingerprint density at radius 3 is 2.41 bits per heavy atom. The van der Waals surface area contributed by atoms with Gasteiger partial charge >= 0.3 is 0 Å². The number of ether oxygens (including phenoxy) is 1. The average Bonchev–Trinajstić information content (AvgIpc) is 3.30. The van der Waals surface area contributed by atoms with Gasteiger partial charge in [0.2, 0.25) is 5.91 Å². The van der Waals surface area contributed by atoms with E-state index < -0.39 is 11.8 Å². The summed E-state index contributed by atoms with van der Waals surface area (Å²) < 4.78 is 5.87. The maximum atomic E-state index is 12.8. The first-order chi connectivity index (χ1) is 18.0. The predicted octanol–water partition coefficient (Wildman–Crippen LogP) is 3.80. The van der Waals surface area contributed by atoms with Gasteiger partial charge in [0.1, 0.15) is 29.3 Å². The zero-order valence-corrected chi connectivity index (χ0v) is 19.6. The number of nitrogens with zero attached hydrogens (tertiary/aromatic N) is 5. The number of rotatable bonds is 6. The molecule has 4 N–H and O–H groups in total. The molecule has 5 rings (SSSR count). The average molecular weight is 495 g/mol. The molecule has 11 nitrogen and oxygen atoms in total. The van der Waals surface area contributed by atoms with Crippen LogP contribution in [0.1, 0.15) is 17.3 Å². The van der Waals surface area contributed by atoms with Crippen molar-refractivity contribution in [1.82, 2.24) is 25.3 Å². The van der Waals surface area contributed by atoms with Crippen LogP contribution < -0.4 is 21.0 Å². The van der Waals surface area contributed by atoms with Gasteiger partial charge in [0.15, 0.2) is 5.65 Å². The van der Waals surface area contributed by atoms with E-state index in [1.807, 2.05) is 42.5 Å². The van der Waals surface area contributed by atoms with E-state index in [1.54, 1.807) is 29.7 Å². The minimum atomic E-state index is -0.722. The number of anilines is 2. The Hall–Kier alpha value is -5.29. The second-order valence-corrected chi connectivity index (χ2v) is 7.96. The molecule has 0 aliphatic carbocycles. The predicted molar refractivity (Wildman–Crippen MR) is 136 cm³/mol.